The number of nitrogens with one attached hydrogen (secondary N) is 4. The first-order valence-electron chi connectivity index (χ1n) is 19.8. The highest BCUT2D eigenvalue weighted by molar-refractivity contribution is 6.38. The number of ether oxygens (including phenoxy) is 1. The summed E-state index contributed by atoms with van der Waals surface area (Å²) >= 11 is 0. The zero-order valence-electron chi connectivity index (χ0n) is 33.3. The fraction of sp³-hybridized carbons (Fsp3) is 0.548. The quantitative estimate of drug-likeness (QED) is 0.176. The molecule has 2 unspecified atom stereocenters. The van der Waals surface area contributed by atoms with Crippen molar-refractivity contribution in [1.82, 2.24) is 31.1 Å². The number of carbonyl (C=O) groups excluding carboxylic acids is 7. The molecule has 0 radical (unpaired) electrons. The minimum absolute atomic E-state index is 0.103. The Bertz CT molecular complexity index is 1660. The third-order valence-electron chi connectivity index (χ3n) is 10.3. The summed E-state index contributed by atoms with van der Waals surface area (Å²) in [7, 11) is 3.12. The number of amides is 6. The molecule has 5 atom stereocenters. The number of ketones is 1. The molecule has 56 heavy (non-hydrogen) atoms. The van der Waals surface area contributed by atoms with Gasteiger partial charge in [0.2, 0.25) is 29.4 Å². The molecule has 0 spiro atoms. The van der Waals surface area contributed by atoms with Crippen LogP contribution in [0.1, 0.15) is 95.2 Å². The molecular weight excluding hydrogens is 716 g/mol. The van der Waals surface area contributed by atoms with Gasteiger partial charge in [0, 0.05) is 26.6 Å². The molecule has 2 aromatic carbocycles. The maximum atomic E-state index is 14.5. The minimum atomic E-state index is -1.23. The number of rotatable bonds is 17. The van der Waals surface area contributed by atoms with E-state index in [1.54, 1.807) is 51.4 Å². The van der Waals surface area contributed by atoms with E-state index in [4.69, 9.17) is 4.74 Å². The van der Waals surface area contributed by atoms with Crippen LogP contribution in [-0.4, -0.2) is 103 Å². The molecule has 2 fully saturated rings. The first kappa shape index (κ1) is 43.5. The third kappa shape index (κ3) is 12.1. The summed E-state index contributed by atoms with van der Waals surface area (Å²) in [6, 6.07) is 14.1. The molecule has 14 heteroatoms. The van der Waals surface area contributed by atoms with E-state index in [2.05, 4.69) is 21.3 Å². The lowest BCUT2D eigenvalue weighted by molar-refractivity contribution is -0.143. The number of hydrogen-bond donors (Lipinski definition) is 4. The van der Waals surface area contributed by atoms with Crippen LogP contribution < -0.4 is 21.3 Å². The molecule has 1 aliphatic carbocycles. The summed E-state index contributed by atoms with van der Waals surface area (Å²) in [5, 5.41) is 10.6. The van der Waals surface area contributed by atoms with Gasteiger partial charge in [-0.15, -0.1) is 0 Å². The van der Waals surface area contributed by atoms with Crippen LogP contribution in [0.5, 0.6) is 0 Å². The van der Waals surface area contributed by atoms with Gasteiger partial charge in [0.1, 0.15) is 18.1 Å². The van der Waals surface area contributed by atoms with Crippen molar-refractivity contribution in [2.24, 2.45) is 11.8 Å². The van der Waals surface area contributed by atoms with Crippen LogP contribution >= 0.6 is 0 Å². The number of likely N-dealkylation sites (N-methyl/N-ethyl adjacent to an activating group) is 1. The van der Waals surface area contributed by atoms with E-state index in [9.17, 15) is 33.6 Å². The number of Topliss-reactive ketones (excluding diaryl/α,β-unsaturated/α-hetero) is 1. The predicted molar refractivity (Wildman–Crippen MR) is 210 cm³/mol. The van der Waals surface area contributed by atoms with Crippen LogP contribution in [0.25, 0.3) is 0 Å². The number of benzene rings is 2. The van der Waals surface area contributed by atoms with Crippen molar-refractivity contribution in [2.45, 2.75) is 102 Å². The molecule has 1 saturated heterocycles. The highest BCUT2D eigenvalue weighted by atomic mass is 16.5. The second-order valence-corrected chi connectivity index (χ2v) is 15.4. The molecule has 0 bridgehead atoms. The van der Waals surface area contributed by atoms with Crippen molar-refractivity contribution in [2.75, 3.05) is 33.8 Å². The van der Waals surface area contributed by atoms with Gasteiger partial charge in [-0.3, -0.25) is 28.8 Å². The number of nitrogens with zero attached hydrogens (tertiary/aromatic N) is 2. The predicted octanol–water partition coefficient (Wildman–Crippen LogP) is 3.62. The van der Waals surface area contributed by atoms with Crippen molar-refractivity contribution in [3.05, 3.63) is 71.8 Å². The standard InChI is InChI=1S/C42H58N6O8/c1-6-16-32(37(50)39(52)43-24-34(49)45-35(40(53)47(4)5)29-19-12-8-13-20-29)44-38(51)33-23-31(28-17-10-7-11-18-28)25-48(33)41(54)36(30-21-14-9-15-22-30)46-42(55)56-26-27(2)3/h7-8,10-13,17-20,27,30-33,35-36H,6,9,14-16,21-26H2,1-5H3,(H,43,52)(H,44,51)(H,45,49)(H,46,55)/t31?,32?,33-,35-,36-/m0/s1. The zero-order valence-corrected chi connectivity index (χ0v) is 33.3. The van der Waals surface area contributed by atoms with E-state index in [1.165, 1.54) is 9.80 Å². The average molecular weight is 775 g/mol. The lowest BCUT2D eigenvalue weighted by Crippen LogP contribution is -2.58. The Balaban J connectivity index is 1.49. The Morgan fingerprint density at radius 1 is 0.857 bits per heavy atom. The second kappa shape index (κ2) is 21.1. The molecule has 304 valence electrons. The van der Waals surface area contributed by atoms with Crippen LogP contribution in [0.2, 0.25) is 0 Å². The van der Waals surface area contributed by atoms with Gasteiger partial charge in [-0.2, -0.15) is 0 Å². The molecule has 4 N–H and O–H groups in total. The molecule has 0 aromatic heterocycles. The van der Waals surface area contributed by atoms with Crippen LogP contribution in [0.4, 0.5) is 4.79 Å². The maximum Gasteiger partial charge on any atom is 0.407 e. The number of carbonyl (C=O) groups is 7. The molecule has 1 aliphatic heterocycles. The molecule has 2 aliphatic rings. The zero-order chi connectivity index (χ0) is 40.8. The number of hydrogen-bond acceptors (Lipinski definition) is 8. The van der Waals surface area contributed by atoms with Gasteiger partial charge in [0.25, 0.3) is 5.91 Å². The smallest absolute Gasteiger partial charge is 0.407 e. The van der Waals surface area contributed by atoms with Gasteiger partial charge in [-0.05, 0) is 48.6 Å². The summed E-state index contributed by atoms with van der Waals surface area (Å²) in [5.74, 6) is -4.29. The second-order valence-electron chi connectivity index (χ2n) is 15.4. The van der Waals surface area contributed by atoms with Gasteiger partial charge in [-0.25, -0.2) is 4.79 Å². The fourth-order valence-electron chi connectivity index (χ4n) is 7.37. The van der Waals surface area contributed by atoms with E-state index in [1.807, 2.05) is 44.2 Å². The maximum absolute atomic E-state index is 14.5. The largest absolute Gasteiger partial charge is 0.449 e. The molecule has 1 heterocycles. The highest BCUT2D eigenvalue weighted by Gasteiger charge is 2.45. The Morgan fingerprint density at radius 2 is 1.50 bits per heavy atom. The first-order chi connectivity index (χ1) is 26.8. The summed E-state index contributed by atoms with van der Waals surface area (Å²) in [6.07, 6.45) is 4.52. The molecule has 4 rings (SSSR count). The van der Waals surface area contributed by atoms with E-state index in [-0.39, 0.29) is 55.6 Å². The summed E-state index contributed by atoms with van der Waals surface area (Å²) < 4.78 is 5.41. The third-order valence-corrected chi connectivity index (χ3v) is 10.3. The van der Waals surface area contributed by atoms with Gasteiger partial charge >= 0.3 is 6.09 Å². The van der Waals surface area contributed by atoms with Gasteiger partial charge in [-0.1, -0.05) is 107 Å². The highest BCUT2D eigenvalue weighted by Crippen LogP contribution is 2.35. The molecule has 1 saturated carbocycles. The molecule has 6 amide bonds. The lowest BCUT2D eigenvalue weighted by Gasteiger charge is -2.34. The molecule has 14 nitrogen and oxygen atoms in total. The van der Waals surface area contributed by atoms with Gasteiger partial charge in [0.05, 0.1) is 19.2 Å². The van der Waals surface area contributed by atoms with Crippen LogP contribution in [0, 0.1) is 11.8 Å². The van der Waals surface area contributed by atoms with Crippen LogP contribution in [0.15, 0.2) is 60.7 Å². The van der Waals surface area contributed by atoms with Crippen molar-refractivity contribution in [1.29, 1.82) is 0 Å². The van der Waals surface area contributed by atoms with Crippen molar-refractivity contribution >= 4 is 41.4 Å². The van der Waals surface area contributed by atoms with Crippen molar-refractivity contribution < 1.29 is 38.3 Å². The number of alkyl carbamates (subject to hydrolysis) is 1. The molecule has 2 aromatic rings. The van der Waals surface area contributed by atoms with E-state index >= 15 is 0 Å². The Hall–Kier alpha value is -5.27. The normalized spacial score (nSPS) is 18.6. The number of likely N-dealkylation sites (tertiary alicyclic amines) is 1. The van der Waals surface area contributed by atoms with E-state index < -0.39 is 60.3 Å². The van der Waals surface area contributed by atoms with Crippen molar-refractivity contribution in [3.63, 3.8) is 0 Å². The minimum Gasteiger partial charge on any atom is -0.449 e. The van der Waals surface area contributed by atoms with Crippen molar-refractivity contribution in [3.8, 4) is 0 Å². The summed E-state index contributed by atoms with van der Waals surface area (Å²) in [5.41, 5.74) is 1.49. The SMILES string of the molecule is CCCC(NC(=O)[C@@H]1CC(c2ccccc2)CN1C(=O)[C@@H](NC(=O)OCC(C)C)C1CCCCC1)C(=O)C(=O)NCC(=O)N[C@H](C(=O)N(C)C)c1ccccc1. The Morgan fingerprint density at radius 3 is 2.11 bits per heavy atom. The Labute approximate surface area is 329 Å². The first-order valence-corrected chi connectivity index (χ1v) is 19.8. The average Bonchev–Trinajstić information content (AvgIpc) is 3.66. The summed E-state index contributed by atoms with van der Waals surface area (Å²) in [4.78, 5) is 97.0. The van der Waals surface area contributed by atoms with Crippen LogP contribution in [0.3, 0.4) is 0 Å². The Kier molecular flexibility index (Phi) is 16.4. The monoisotopic (exact) mass is 774 g/mol. The topological polar surface area (TPSA) is 183 Å². The van der Waals surface area contributed by atoms with Crippen LogP contribution in [-0.2, 0) is 33.5 Å². The van der Waals surface area contributed by atoms with E-state index in [0.29, 0.717) is 12.0 Å². The van der Waals surface area contributed by atoms with E-state index in [0.717, 1.165) is 37.7 Å². The lowest BCUT2D eigenvalue weighted by atomic mass is 9.83. The summed E-state index contributed by atoms with van der Waals surface area (Å²) in [6.45, 7) is 5.47. The molecular formula is C42H58N6O8. The van der Waals surface area contributed by atoms with Gasteiger partial charge in [0.15, 0.2) is 0 Å². The fourth-order valence-corrected chi connectivity index (χ4v) is 7.37. The van der Waals surface area contributed by atoms with Gasteiger partial charge < -0.3 is 35.8 Å².